The van der Waals surface area contributed by atoms with Gasteiger partial charge in [-0.1, -0.05) is 0 Å². The van der Waals surface area contributed by atoms with Gasteiger partial charge in [0.05, 0.1) is 46.0 Å². The number of carbonyl (C=O) groups excluding carboxylic acids is 2. The number of imide groups is 1. The van der Waals surface area contributed by atoms with Crippen LogP contribution in [0.4, 0.5) is 13.2 Å². The van der Waals surface area contributed by atoms with Crippen molar-refractivity contribution in [2.45, 2.75) is 37.4 Å². The first kappa shape index (κ1) is 24.1. The van der Waals surface area contributed by atoms with Crippen LogP contribution in [0.25, 0.3) is 43.6 Å². The second kappa shape index (κ2) is 7.79. The summed E-state index contributed by atoms with van der Waals surface area (Å²) >= 11 is 0. The third kappa shape index (κ3) is 3.11. The van der Waals surface area contributed by atoms with Gasteiger partial charge in [-0.05, 0) is 31.2 Å². The quantitative estimate of drug-likeness (QED) is 0.219. The Morgan fingerprint density at radius 1 is 1.05 bits per heavy atom. The predicted octanol–water partition coefficient (Wildman–Crippen LogP) is 3.12. The minimum atomic E-state index is -1.71. The van der Waals surface area contributed by atoms with Crippen molar-refractivity contribution >= 4 is 55.4 Å². The lowest BCUT2D eigenvalue weighted by Crippen LogP contribution is -2.54. The third-order valence-electron chi connectivity index (χ3n) is 7.81. The molecule has 5 N–H and O–H groups in total. The summed E-state index contributed by atoms with van der Waals surface area (Å²) in [5, 5.41) is 34.9. The molecular weight excluding hydrogens is 519 g/mol. The fourth-order valence-corrected chi connectivity index (χ4v) is 6.13. The molecule has 1 fully saturated rings. The summed E-state index contributed by atoms with van der Waals surface area (Å²) in [6.45, 7) is 0.912. The number of aliphatic hydroxyl groups excluding tert-OH is 2. The number of H-pyrrole nitrogens is 1. The van der Waals surface area contributed by atoms with Crippen molar-refractivity contribution in [2.75, 3.05) is 6.61 Å². The number of benzene rings is 3. The summed E-state index contributed by atoms with van der Waals surface area (Å²) in [7, 11) is 0. The maximum atomic E-state index is 14.6. The van der Waals surface area contributed by atoms with Crippen LogP contribution in [0.2, 0.25) is 0 Å². The lowest BCUT2D eigenvalue weighted by molar-refractivity contribution is -0.237. The number of rotatable bonds is 2. The van der Waals surface area contributed by atoms with Crippen molar-refractivity contribution in [3.8, 4) is 0 Å². The van der Waals surface area contributed by atoms with Gasteiger partial charge in [-0.15, -0.1) is 0 Å². The minimum Gasteiger partial charge on any atom is -0.394 e. The zero-order valence-corrected chi connectivity index (χ0v) is 20.2. The summed E-state index contributed by atoms with van der Waals surface area (Å²) in [6.07, 6.45) is -3.87. The Hall–Kier alpha value is -3.97. The minimum absolute atomic E-state index is 0.0837. The molecule has 2 aliphatic heterocycles. The maximum Gasteiger partial charge on any atom is 0.259 e. The van der Waals surface area contributed by atoms with Gasteiger partial charge < -0.3 is 29.6 Å². The molecule has 0 saturated carbocycles. The van der Waals surface area contributed by atoms with Gasteiger partial charge in [0.2, 0.25) is 0 Å². The van der Waals surface area contributed by atoms with E-state index in [9.17, 15) is 38.1 Å². The summed E-state index contributed by atoms with van der Waals surface area (Å²) < 4.78 is 50.7. The van der Waals surface area contributed by atoms with E-state index < -0.39 is 59.9 Å². The van der Waals surface area contributed by atoms with Gasteiger partial charge in [-0.3, -0.25) is 14.9 Å². The molecule has 0 spiro atoms. The Balaban J connectivity index is 1.74. The van der Waals surface area contributed by atoms with E-state index >= 15 is 0 Å². The van der Waals surface area contributed by atoms with E-state index in [0.717, 1.165) is 24.3 Å². The van der Waals surface area contributed by atoms with E-state index in [-0.39, 0.29) is 61.2 Å². The van der Waals surface area contributed by atoms with Crippen LogP contribution >= 0.6 is 0 Å². The van der Waals surface area contributed by atoms with Gasteiger partial charge in [0.25, 0.3) is 11.8 Å². The Morgan fingerprint density at radius 3 is 2.46 bits per heavy atom. The normalized spacial score (nSPS) is 25.4. The molecule has 4 atom stereocenters. The van der Waals surface area contributed by atoms with Crippen LogP contribution < -0.4 is 5.32 Å². The van der Waals surface area contributed by atoms with Gasteiger partial charge in [0.15, 0.2) is 17.9 Å². The molecule has 9 nitrogen and oxygen atoms in total. The van der Waals surface area contributed by atoms with Gasteiger partial charge >= 0.3 is 0 Å². The monoisotopic (exact) mass is 539 g/mol. The number of carbonyl (C=O) groups is 2. The Morgan fingerprint density at radius 2 is 1.74 bits per heavy atom. The molecule has 0 radical (unpaired) electrons. The largest absolute Gasteiger partial charge is 0.394 e. The number of ether oxygens (including phenoxy) is 1. The van der Waals surface area contributed by atoms with Gasteiger partial charge in [0, 0.05) is 39.5 Å². The van der Waals surface area contributed by atoms with Crippen LogP contribution in [-0.2, 0) is 4.74 Å². The zero-order valence-electron chi connectivity index (χ0n) is 20.2. The van der Waals surface area contributed by atoms with Gasteiger partial charge in [0.1, 0.15) is 11.9 Å². The topological polar surface area (TPSA) is 137 Å². The number of halogens is 3. The van der Waals surface area contributed by atoms with E-state index in [1.54, 1.807) is 0 Å². The molecule has 2 aliphatic rings. The average Bonchev–Trinajstić information content (AvgIpc) is 3.49. The molecule has 7 rings (SSSR count). The van der Waals surface area contributed by atoms with Gasteiger partial charge in [-0.2, -0.15) is 0 Å². The van der Waals surface area contributed by atoms with Crippen molar-refractivity contribution in [1.29, 1.82) is 0 Å². The zero-order chi connectivity index (χ0) is 27.5. The van der Waals surface area contributed by atoms with E-state index in [0.29, 0.717) is 0 Å². The van der Waals surface area contributed by atoms with E-state index in [4.69, 9.17) is 4.74 Å². The van der Waals surface area contributed by atoms with Crippen LogP contribution in [0.3, 0.4) is 0 Å². The smallest absolute Gasteiger partial charge is 0.259 e. The molecule has 2 aromatic heterocycles. The van der Waals surface area contributed by atoms with E-state index in [1.807, 2.05) is 0 Å². The van der Waals surface area contributed by atoms with E-state index in [2.05, 4.69) is 10.3 Å². The SMILES string of the molecule is C[C@]1(O)C[C@@H](CO)O[C@@H](n2c3ccc(F)cc3c3c4c(c5c6cc(F)c(F)cc6[nH]c5c32)C(=O)NC4=O)[C@@H]1O. The number of aliphatic hydroxyl groups is 3. The first-order chi connectivity index (χ1) is 18.5. The summed E-state index contributed by atoms with van der Waals surface area (Å²) in [6, 6.07) is 5.55. The molecule has 0 bridgehead atoms. The molecule has 4 heterocycles. The highest BCUT2D eigenvalue weighted by atomic mass is 19.2. The highest BCUT2D eigenvalue weighted by Gasteiger charge is 2.47. The standard InChI is InChI=1S/C27H20F3N3O6/c1-27(38)7-10(8-34)39-26(23(27)35)33-16-3-2-9(28)4-12(16)18-20-19(24(36)32-25(20)37)17-11-5-13(29)14(30)6-15(11)31-21(17)22(18)33/h2-6,10,23,26,31,34-35,38H,7-8H2,1H3,(H,32,36,37)/t10-,23-,26+,27-/m0/s1. The van der Waals surface area contributed by atoms with Crippen LogP contribution in [0.1, 0.15) is 40.3 Å². The number of fused-ring (bicyclic) bond motifs is 10. The number of nitrogens with zero attached hydrogens (tertiary/aromatic N) is 1. The molecule has 3 aromatic carbocycles. The first-order valence-corrected chi connectivity index (χ1v) is 12.1. The van der Waals surface area contributed by atoms with Crippen molar-refractivity contribution in [3.63, 3.8) is 0 Å². The highest BCUT2D eigenvalue weighted by Crippen LogP contribution is 2.47. The van der Waals surface area contributed by atoms with Crippen molar-refractivity contribution in [3.05, 3.63) is 58.9 Å². The molecule has 12 heteroatoms. The lowest BCUT2D eigenvalue weighted by atomic mass is 9.88. The number of aromatic nitrogens is 2. The summed E-state index contributed by atoms with van der Waals surface area (Å²) in [4.78, 5) is 29.2. The number of amides is 2. The molecule has 39 heavy (non-hydrogen) atoms. The molecule has 200 valence electrons. The molecule has 0 unspecified atom stereocenters. The first-order valence-electron chi connectivity index (χ1n) is 12.1. The number of nitrogens with one attached hydrogen (secondary N) is 2. The summed E-state index contributed by atoms with van der Waals surface area (Å²) in [5.74, 6) is -4.49. The fourth-order valence-electron chi connectivity index (χ4n) is 6.13. The second-order valence-corrected chi connectivity index (χ2v) is 10.3. The van der Waals surface area contributed by atoms with Crippen LogP contribution in [0.5, 0.6) is 0 Å². The third-order valence-corrected chi connectivity index (χ3v) is 7.81. The van der Waals surface area contributed by atoms with Gasteiger partial charge in [-0.25, -0.2) is 13.2 Å². The maximum absolute atomic E-state index is 14.6. The Bertz CT molecular complexity index is 1930. The van der Waals surface area contributed by atoms with Crippen LogP contribution in [0, 0.1) is 17.5 Å². The van der Waals surface area contributed by atoms with Crippen molar-refractivity contribution in [2.24, 2.45) is 0 Å². The van der Waals surface area contributed by atoms with Crippen molar-refractivity contribution in [1.82, 2.24) is 14.9 Å². The molecule has 1 saturated heterocycles. The number of hydrogen-bond donors (Lipinski definition) is 5. The average molecular weight is 539 g/mol. The second-order valence-electron chi connectivity index (χ2n) is 10.3. The Labute approximate surface area is 216 Å². The molecular formula is C27H20F3N3O6. The molecule has 5 aromatic rings. The fraction of sp³-hybridized carbons (Fsp3) is 0.259. The summed E-state index contributed by atoms with van der Waals surface area (Å²) in [5.41, 5.74) is -1.15. The lowest BCUT2D eigenvalue weighted by Gasteiger charge is -2.43. The number of hydrogen-bond acceptors (Lipinski definition) is 6. The van der Waals surface area contributed by atoms with Crippen LogP contribution in [0.15, 0.2) is 30.3 Å². The van der Waals surface area contributed by atoms with Crippen LogP contribution in [-0.4, -0.2) is 61.1 Å². The van der Waals surface area contributed by atoms with E-state index in [1.165, 1.54) is 17.6 Å². The van der Waals surface area contributed by atoms with Crippen molar-refractivity contribution < 1.29 is 42.8 Å². The molecule has 2 amide bonds. The number of aromatic amines is 1. The highest BCUT2D eigenvalue weighted by molar-refractivity contribution is 6.39. The Kier molecular flexibility index (Phi) is 4.81. The predicted molar refractivity (Wildman–Crippen MR) is 133 cm³/mol. The molecule has 0 aliphatic carbocycles.